The summed E-state index contributed by atoms with van der Waals surface area (Å²) in [6.07, 6.45) is 8.46. The van der Waals surface area contributed by atoms with Gasteiger partial charge in [0.1, 0.15) is 18.4 Å². The smallest absolute Gasteiger partial charge is 0.266 e. The van der Waals surface area contributed by atoms with E-state index in [1.165, 1.54) is 12.8 Å². The van der Waals surface area contributed by atoms with Gasteiger partial charge in [0.05, 0.1) is 11.1 Å². The van der Waals surface area contributed by atoms with Gasteiger partial charge < -0.3 is 4.74 Å². The van der Waals surface area contributed by atoms with Gasteiger partial charge in [-0.1, -0.05) is 44.7 Å². The molecular formula is C29H35N3O5. The first-order valence-electron chi connectivity index (χ1n) is 12.8. The third kappa shape index (κ3) is 5.91. The average molecular weight is 506 g/mol. The van der Waals surface area contributed by atoms with Crippen LogP contribution in [0.25, 0.3) is 0 Å². The van der Waals surface area contributed by atoms with Crippen LogP contribution in [0.5, 0.6) is 5.75 Å². The van der Waals surface area contributed by atoms with E-state index in [1.807, 2.05) is 25.2 Å². The van der Waals surface area contributed by atoms with E-state index in [9.17, 15) is 19.2 Å². The lowest BCUT2D eigenvalue weighted by atomic mass is 9.82. The molecule has 3 heterocycles. The minimum absolute atomic E-state index is 0.0765. The third-order valence-electron chi connectivity index (χ3n) is 7.35. The molecule has 1 N–H and O–H groups in total. The molecule has 0 aromatic heterocycles. The Bertz CT molecular complexity index is 1190. The summed E-state index contributed by atoms with van der Waals surface area (Å²) in [7, 11) is 0. The monoisotopic (exact) mass is 505 g/mol. The SMILES string of the molecule is C=C/C(=C\C=C(/C)COc1cccc2c1C(=O)N(C1CCC(=O)NC1=O)C2=O)CN1CCC(C)(C)CC1. The molecule has 0 radical (unpaired) electrons. The van der Waals surface area contributed by atoms with Gasteiger partial charge in [-0.3, -0.25) is 34.3 Å². The van der Waals surface area contributed by atoms with E-state index in [2.05, 4.69) is 30.6 Å². The number of fused-ring (bicyclic) bond motifs is 1. The fourth-order valence-electron chi connectivity index (χ4n) is 4.85. The van der Waals surface area contributed by atoms with Crippen LogP contribution in [0.1, 0.15) is 67.2 Å². The van der Waals surface area contributed by atoms with Crippen molar-refractivity contribution in [2.75, 3.05) is 26.2 Å². The van der Waals surface area contributed by atoms with Gasteiger partial charge in [0.2, 0.25) is 11.8 Å². The van der Waals surface area contributed by atoms with Crippen molar-refractivity contribution in [2.45, 2.75) is 52.5 Å². The van der Waals surface area contributed by atoms with Crippen LogP contribution in [0, 0.1) is 5.41 Å². The molecule has 4 amide bonds. The summed E-state index contributed by atoms with van der Waals surface area (Å²) in [6.45, 7) is 13.8. The van der Waals surface area contributed by atoms with Crippen molar-refractivity contribution in [3.05, 3.63) is 65.3 Å². The second-order valence-electron chi connectivity index (χ2n) is 10.8. The molecular weight excluding hydrogens is 470 g/mol. The topological polar surface area (TPSA) is 96.0 Å². The molecule has 8 heteroatoms. The van der Waals surface area contributed by atoms with Gasteiger partial charge in [-0.2, -0.15) is 0 Å². The van der Waals surface area contributed by atoms with Crippen LogP contribution in [-0.4, -0.2) is 65.7 Å². The number of imide groups is 2. The number of allylic oxidation sites excluding steroid dienone is 2. The highest BCUT2D eigenvalue weighted by atomic mass is 16.5. The second-order valence-corrected chi connectivity index (χ2v) is 10.8. The molecule has 0 saturated carbocycles. The lowest BCUT2D eigenvalue weighted by Crippen LogP contribution is -2.54. The molecule has 8 nitrogen and oxygen atoms in total. The Morgan fingerprint density at radius 3 is 2.54 bits per heavy atom. The minimum Gasteiger partial charge on any atom is -0.488 e. The Morgan fingerprint density at radius 1 is 1.14 bits per heavy atom. The predicted octanol–water partition coefficient (Wildman–Crippen LogP) is 3.65. The number of likely N-dealkylation sites (tertiary alicyclic amines) is 1. The first-order chi connectivity index (χ1) is 17.6. The molecule has 37 heavy (non-hydrogen) atoms. The maximum absolute atomic E-state index is 13.2. The molecule has 1 aromatic carbocycles. The zero-order chi connectivity index (χ0) is 26.7. The van der Waals surface area contributed by atoms with E-state index in [-0.39, 0.29) is 30.6 Å². The fraction of sp³-hybridized carbons (Fsp3) is 0.448. The highest BCUT2D eigenvalue weighted by molar-refractivity contribution is 6.24. The fourth-order valence-corrected chi connectivity index (χ4v) is 4.85. The van der Waals surface area contributed by atoms with Crippen LogP contribution in [0.4, 0.5) is 0 Å². The molecule has 2 fully saturated rings. The number of hydrogen-bond donors (Lipinski definition) is 1. The van der Waals surface area contributed by atoms with Crippen molar-refractivity contribution in [2.24, 2.45) is 5.41 Å². The summed E-state index contributed by atoms with van der Waals surface area (Å²) in [4.78, 5) is 53.4. The van der Waals surface area contributed by atoms with Crippen LogP contribution >= 0.6 is 0 Å². The zero-order valence-electron chi connectivity index (χ0n) is 21.8. The van der Waals surface area contributed by atoms with Gasteiger partial charge in [0.15, 0.2) is 0 Å². The minimum atomic E-state index is -1.01. The number of carbonyl (C=O) groups is 4. The maximum Gasteiger partial charge on any atom is 0.266 e. The number of carbonyl (C=O) groups excluding carboxylic acids is 4. The number of nitrogens with one attached hydrogen (secondary N) is 1. The Morgan fingerprint density at radius 2 is 1.86 bits per heavy atom. The first-order valence-corrected chi connectivity index (χ1v) is 12.8. The number of rotatable bonds is 8. The lowest BCUT2D eigenvalue weighted by molar-refractivity contribution is -0.136. The summed E-state index contributed by atoms with van der Waals surface area (Å²) in [6, 6.07) is 3.85. The van der Waals surface area contributed by atoms with E-state index < -0.39 is 29.7 Å². The van der Waals surface area contributed by atoms with Gasteiger partial charge in [-0.25, -0.2) is 0 Å². The van der Waals surface area contributed by atoms with Crippen molar-refractivity contribution in [3.8, 4) is 5.75 Å². The zero-order valence-corrected chi connectivity index (χ0v) is 21.8. The molecule has 196 valence electrons. The molecule has 1 unspecified atom stereocenters. The third-order valence-corrected chi connectivity index (χ3v) is 7.35. The highest BCUT2D eigenvalue weighted by Gasteiger charge is 2.46. The van der Waals surface area contributed by atoms with E-state index >= 15 is 0 Å². The normalized spacial score (nSPS) is 22.7. The largest absolute Gasteiger partial charge is 0.488 e. The number of benzene rings is 1. The van der Waals surface area contributed by atoms with Crippen LogP contribution in [0.15, 0.2) is 54.2 Å². The number of nitrogens with zero attached hydrogens (tertiary/aromatic N) is 2. The van der Waals surface area contributed by atoms with Gasteiger partial charge in [0, 0.05) is 13.0 Å². The van der Waals surface area contributed by atoms with Gasteiger partial charge in [-0.15, -0.1) is 0 Å². The van der Waals surface area contributed by atoms with Crippen molar-refractivity contribution in [1.82, 2.24) is 15.1 Å². The number of amides is 4. The first kappa shape index (κ1) is 26.5. The Kier molecular flexibility index (Phi) is 7.78. The summed E-state index contributed by atoms with van der Waals surface area (Å²) in [5, 5.41) is 2.21. The summed E-state index contributed by atoms with van der Waals surface area (Å²) in [5.74, 6) is -1.87. The Hall–Kier alpha value is -3.52. The standard InChI is InChI=1S/C29H35N3O5/c1-5-20(17-31-15-13-29(3,4)14-16-31)10-9-19(2)18-37-23-8-6-7-21-25(23)28(36)32(27(21)35)22-11-12-24(33)30-26(22)34/h5-10,22H,1,11-18H2,2-4H3,(H,30,33,34)/b19-9+,20-10+. The van der Waals surface area contributed by atoms with E-state index in [4.69, 9.17) is 4.74 Å². The van der Waals surface area contributed by atoms with Gasteiger partial charge in [-0.05, 0) is 68.0 Å². The van der Waals surface area contributed by atoms with Crippen molar-refractivity contribution >= 4 is 23.6 Å². The van der Waals surface area contributed by atoms with Crippen molar-refractivity contribution < 1.29 is 23.9 Å². The molecule has 0 aliphatic carbocycles. The Balaban J connectivity index is 1.41. The number of ether oxygens (including phenoxy) is 1. The van der Waals surface area contributed by atoms with E-state index in [0.29, 0.717) is 11.2 Å². The van der Waals surface area contributed by atoms with E-state index in [0.717, 1.165) is 35.7 Å². The molecule has 1 atom stereocenters. The summed E-state index contributed by atoms with van der Waals surface area (Å²) in [5.41, 5.74) is 2.83. The van der Waals surface area contributed by atoms with Crippen LogP contribution in [-0.2, 0) is 9.59 Å². The van der Waals surface area contributed by atoms with Crippen LogP contribution in [0.2, 0.25) is 0 Å². The molecule has 0 spiro atoms. The van der Waals surface area contributed by atoms with E-state index in [1.54, 1.807) is 18.2 Å². The van der Waals surface area contributed by atoms with Crippen molar-refractivity contribution in [3.63, 3.8) is 0 Å². The lowest BCUT2D eigenvalue weighted by Gasteiger charge is -2.37. The Labute approximate surface area is 218 Å². The molecule has 3 aliphatic heterocycles. The van der Waals surface area contributed by atoms with Crippen molar-refractivity contribution in [1.29, 1.82) is 0 Å². The molecule has 3 aliphatic rings. The van der Waals surface area contributed by atoms with Gasteiger partial charge in [0.25, 0.3) is 11.8 Å². The predicted molar refractivity (Wildman–Crippen MR) is 140 cm³/mol. The number of hydrogen-bond acceptors (Lipinski definition) is 6. The summed E-state index contributed by atoms with van der Waals surface area (Å²) >= 11 is 0. The quantitative estimate of drug-likeness (QED) is 0.428. The average Bonchev–Trinajstić information content (AvgIpc) is 3.12. The highest BCUT2D eigenvalue weighted by Crippen LogP contribution is 2.34. The second kappa shape index (κ2) is 10.8. The summed E-state index contributed by atoms with van der Waals surface area (Å²) < 4.78 is 5.96. The molecule has 4 rings (SSSR count). The molecule has 1 aromatic rings. The van der Waals surface area contributed by atoms with Crippen LogP contribution in [0.3, 0.4) is 0 Å². The van der Waals surface area contributed by atoms with Crippen LogP contribution < -0.4 is 10.1 Å². The van der Waals surface area contributed by atoms with Gasteiger partial charge >= 0.3 is 0 Å². The maximum atomic E-state index is 13.2. The molecule has 2 saturated heterocycles. The number of piperidine rings is 2. The molecule has 0 bridgehead atoms.